The number of nitrogens with one attached hydrogen (secondary N) is 1. The lowest BCUT2D eigenvalue weighted by atomic mass is 10.2. The predicted molar refractivity (Wildman–Crippen MR) is 74.3 cm³/mol. The SMILES string of the molecule is COC(=O)N(C)CC(=O)Nc1cc(F)c(N(C)C)c(F)c1. The van der Waals surface area contributed by atoms with Crippen LogP contribution in [0.4, 0.5) is 25.0 Å². The first-order valence-electron chi connectivity index (χ1n) is 6.01. The second kappa shape index (κ2) is 6.87. The lowest BCUT2D eigenvalue weighted by Gasteiger charge is -2.17. The van der Waals surface area contributed by atoms with Crippen molar-refractivity contribution in [1.29, 1.82) is 0 Å². The first-order valence-corrected chi connectivity index (χ1v) is 6.01. The predicted octanol–water partition coefficient (Wildman–Crippen LogP) is 1.67. The van der Waals surface area contributed by atoms with Crippen LogP contribution in [0.1, 0.15) is 0 Å². The fraction of sp³-hybridized carbons (Fsp3) is 0.385. The number of halogens is 2. The molecule has 0 unspecified atom stereocenters. The van der Waals surface area contributed by atoms with Crippen molar-refractivity contribution in [2.24, 2.45) is 0 Å². The van der Waals surface area contributed by atoms with Crippen LogP contribution in [-0.2, 0) is 9.53 Å². The molecule has 0 spiro atoms. The van der Waals surface area contributed by atoms with Gasteiger partial charge in [0.15, 0.2) is 11.6 Å². The molecule has 21 heavy (non-hydrogen) atoms. The summed E-state index contributed by atoms with van der Waals surface area (Å²) in [5.41, 5.74) is -0.224. The average molecular weight is 301 g/mol. The van der Waals surface area contributed by atoms with Gasteiger partial charge < -0.3 is 19.9 Å². The summed E-state index contributed by atoms with van der Waals surface area (Å²) in [6.07, 6.45) is -0.689. The molecule has 0 radical (unpaired) electrons. The van der Waals surface area contributed by atoms with Crippen molar-refractivity contribution in [2.45, 2.75) is 0 Å². The van der Waals surface area contributed by atoms with Crippen LogP contribution in [0, 0.1) is 11.6 Å². The molecule has 0 saturated heterocycles. The van der Waals surface area contributed by atoms with Gasteiger partial charge in [-0.2, -0.15) is 0 Å². The third-order valence-corrected chi connectivity index (χ3v) is 2.61. The first-order chi connectivity index (χ1) is 9.76. The van der Waals surface area contributed by atoms with Crippen molar-refractivity contribution in [2.75, 3.05) is 45.0 Å². The van der Waals surface area contributed by atoms with Gasteiger partial charge in [-0.25, -0.2) is 13.6 Å². The summed E-state index contributed by atoms with van der Waals surface area (Å²) in [5, 5.41) is 2.31. The molecule has 1 aromatic rings. The van der Waals surface area contributed by atoms with E-state index in [1.54, 1.807) is 0 Å². The molecule has 1 N–H and O–H groups in total. The second-order valence-electron chi connectivity index (χ2n) is 4.56. The molecule has 0 aliphatic heterocycles. The van der Waals surface area contributed by atoms with E-state index in [1.165, 1.54) is 33.2 Å². The molecule has 6 nitrogen and oxygen atoms in total. The number of hydrogen-bond donors (Lipinski definition) is 1. The van der Waals surface area contributed by atoms with Gasteiger partial charge >= 0.3 is 6.09 Å². The highest BCUT2D eigenvalue weighted by Gasteiger charge is 2.16. The minimum Gasteiger partial charge on any atom is -0.453 e. The number of ether oxygens (including phenoxy) is 1. The summed E-state index contributed by atoms with van der Waals surface area (Å²) in [6, 6.07) is 2.02. The lowest BCUT2D eigenvalue weighted by Crippen LogP contribution is -2.34. The quantitative estimate of drug-likeness (QED) is 0.919. The Labute approximate surface area is 121 Å². The summed E-state index contributed by atoms with van der Waals surface area (Å²) in [5.74, 6) is -2.19. The molecule has 0 heterocycles. The number of carbonyl (C=O) groups excluding carboxylic acids is 2. The topological polar surface area (TPSA) is 61.9 Å². The minimum atomic E-state index is -0.795. The number of amides is 2. The van der Waals surface area contributed by atoms with Gasteiger partial charge in [0.25, 0.3) is 0 Å². The normalized spacial score (nSPS) is 10.0. The second-order valence-corrected chi connectivity index (χ2v) is 4.56. The molecule has 2 amide bonds. The fourth-order valence-corrected chi connectivity index (χ4v) is 1.70. The zero-order valence-corrected chi connectivity index (χ0v) is 12.2. The highest BCUT2D eigenvalue weighted by Crippen LogP contribution is 2.25. The van der Waals surface area contributed by atoms with Gasteiger partial charge in [0, 0.05) is 26.8 Å². The molecular formula is C13H17F2N3O3. The molecule has 0 atom stereocenters. The number of hydrogen-bond acceptors (Lipinski definition) is 4. The maximum atomic E-state index is 13.7. The van der Waals surface area contributed by atoms with E-state index in [0.717, 1.165) is 17.0 Å². The third-order valence-electron chi connectivity index (χ3n) is 2.61. The average Bonchev–Trinajstić information content (AvgIpc) is 2.35. The Morgan fingerprint density at radius 3 is 2.14 bits per heavy atom. The van der Waals surface area contributed by atoms with E-state index in [2.05, 4.69) is 10.1 Å². The van der Waals surface area contributed by atoms with Crippen LogP contribution in [-0.4, -0.2) is 51.7 Å². The fourth-order valence-electron chi connectivity index (χ4n) is 1.70. The summed E-state index contributed by atoms with van der Waals surface area (Å²) in [4.78, 5) is 25.1. The van der Waals surface area contributed by atoms with Gasteiger partial charge in [0.05, 0.1) is 7.11 Å². The molecule has 116 valence electrons. The molecule has 0 aliphatic carbocycles. The molecular weight excluding hydrogens is 284 g/mol. The maximum absolute atomic E-state index is 13.7. The highest BCUT2D eigenvalue weighted by atomic mass is 19.1. The van der Waals surface area contributed by atoms with Crippen LogP contribution >= 0.6 is 0 Å². The number of likely N-dealkylation sites (N-methyl/N-ethyl adjacent to an activating group) is 1. The highest BCUT2D eigenvalue weighted by molar-refractivity contribution is 5.94. The van der Waals surface area contributed by atoms with Gasteiger partial charge in [-0.1, -0.05) is 0 Å². The lowest BCUT2D eigenvalue weighted by molar-refractivity contribution is -0.116. The van der Waals surface area contributed by atoms with E-state index in [-0.39, 0.29) is 17.9 Å². The van der Waals surface area contributed by atoms with Crippen LogP contribution in [0.3, 0.4) is 0 Å². The smallest absolute Gasteiger partial charge is 0.409 e. The minimum absolute atomic E-state index is 0.0288. The standard InChI is InChI=1S/C13H17F2N3O3/c1-17(2)12-9(14)5-8(6-10(12)15)16-11(19)7-18(3)13(20)21-4/h5-6H,7H2,1-4H3,(H,16,19). The molecule has 0 saturated carbocycles. The van der Waals surface area contributed by atoms with Crippen molar-refractivity contribution in [3.8, 4) is 0 Å². The number of carbonyl (C=O) groups is 2. The molecule has 0 aromatic heterocycles. The van der Waals surface area contributed by atoms with Gasteiger partial charge in [0.2, 0.25) is 5.91 Å². The van der Waals surface area contributed by atoms with E-state index < -0.39 is 23.6 Å². The molecule has 0 aliphatic rings. The van der Waals surface area contributed by atoms with E-state index >= 15 is 0 Å². The van der Waals surface area contributed by atoms with Crippen molar-refractivity contribution in [1.82, 2.24) is 4.90 Å². The number of benzene rings is 1. The van der Waals surface area contributed by atoms with Gasteiger partial charge in [-0.15, -0.1) is 0 Å². The van der Waals surface area contributed by atoms with Crippen molar-refractivity contribution in [3.63, 3.8) is 0 Å². The molecule has 0 bridgehead atoms. The van der Waals surface area contributed by atoms with Crippen LogP contribution in [0.5, 0.6) is 0 Å². The zero-order valence-electron chi connectivity index (χ0n) is 12.2. The molecule has 8 heteroatoms. The van der Waals surface area contributed by atoms with Crippen molar-refractivity contribution < 1.29 is 23.1 Å². The number of rotatable bonds is 4. The summed E-state index contributed by atoms with van der Waals surface area (Å²) >= 11 is 0. The Morgan fingerprint density at radius 1 is 1.19 bits per heavy atom. The Hall–Kier alpha value is -2.38. The Kier molecular flexibility index (Phi) is 5.45. The number of methoxy groups -OCH3 is 1. The molecule has 0 fully saturated rings. The van der Waals surface area contributed by atoms with Crippen molar-refractivity contribution in [3.05, 3.63) is 23.8 Å². The maximum Gasteiger partial charge on any atom is 0.409 e. The molecule has 1 aromatic carbocycles. The van der Waals surface area contributed by atoms with E-state index in [9.17, 15) is 18.4 Å². The summed E-state index contributed by atoms with van der Waals surface area (Å²) < 4.78 is 31.9. The van der Waals surface area contributed by atoms with E-state index in [4.69, 9.17) is 0 Å². The van der Waals surface area contributed by atoms with Crippen LogP contribution in [0.15, 0.2) is 12.1 Å². The Balaban J connectivity index is 2.80. The van der Waals surface area contributed by atoms with E-state index in [1.807, 2.05) is 0 Å². The van der Waals surface area contributed by atoms with Crippen LogP contribution < -0.4 is 10.2 Å². The zero-order chi connectivity index (χ0) is 16.2. The van der Waals surface area contributed by atoms with Gasteiger partial charge in [-0.05, 0) is 12.1 Å². The Bertz CT molecular complexity index is 526. The number of anilines is 2. The van der Waals surface area contributed by atoms with Crippen LogP contribution in [0.2, 0.25) is 0 Å². The summed E-state index contributed by atoms with van der Waals surface area (Å²) in [7, 11) is 5.55. The Morgan fingerprint density at radius 2 is 1.71 bits per heavy atom. The third kappa shape index (κ3) is 4.30. The van der Waals surface area contributed by atoms with Crippen LogP contribution in [0.25, 0.3) is 0 Å². The van der Waals surface area contributed by atoms with Crippen molar-refractivity contribution >= 4 is 23.4 Å². The van der Waals surface area contributed by atoms with Gasteiger partial charge in [0.1, 0.15) is 12.2 Å². The largest absolute Gasteiger partial charge is 0.453 e. The summed E-state index contributed by atoms with van der Waals surface area (Å²) in [6.45, 7) is -0.300. The van der Waals surface area contributed by atoms with Gasteiger partial charge in [-0.3, -0.25) is 4.79 Å². The van der Waals surface area contributed by atoms with E-state index in [0.29, 0.717) is 0 Å². The first kappa shape index (κ1) is 16.7. The molecule has 1 rings (SSSR count). The monoisotopic (exact) mass is 301 g/mol. The number of nitrogens with zero attached hydrogens (tertiary/aromatic N) is 2.